The molecule has 0 atom stereocenters. The third-order valence-corrected chi connectivity index (χ3v) is 1.47. The molecule has 0 amide bonds. The van der Waals surface area contributed by atoms with Crippen molar-refractivity contribution in [3.8, 4) is 0 Å². The first kappa shape index (κ1) is 3.30. The topological polar surface area (TPSA) is 15.8 Å². The van der Waals surface area contributed by atoms with E-state index in [1.165, 1.54) is 24.2 Å². The van der Waals surface area contributed by atoms with E-state index >= 15 is 0 Å². The van der Waals surface area contributed by atoms with Gasteiger partial charge in [0.1, 0.15) is 0 Å². The van der Waals surface area contributed by atoms with E-state index in [4.69, 9.17) is 0 Å². The van der Waals surface area contributed by atoms with Crippen molar-refractivity contribution in [1.82, 2.24) is 4.98 Å². The van der Waals surface area contributed by atoms with Crippen LogP contribution in [0.15, 0.2) is 12.1 Å². The average Bonchev–Trinajstić information content (AvgIpc) is 2.22. The second kappa shape index (κ2) is 0.915. The summed E-state index contributed by atoms with van der Waals surface area (Å²) in [6, 6.07) is 4.30. The van der Waals surface area contributed by atoms with Gasteiger partial charge in [0.05, 0.1) is 0 Å². The molecule has 1 aliphatic rings. The fourth-order valence-corrected chi connectivity index (χ4v) is 1.05. The Kier molecular flexibility index (Phi) is 0.432. The quantitative estimate of drug-likeness (QED) is 0.494. The van der Waals surface area contributed by atoms with E-state index in [-0.39, 0.29) is 0 Å². The van der Waals surface area contributed by atoms with Crippen molar-refractivity contribution in [2.75, 3.05) is 0 Å². The molecule has 0 spiro atoms. The number of hydrogen-bond acceptors (Lipinski definition) is 0. The van der Waals surface area contributed by atoms with Gasteiger partial charge in [0.25, 0.3) is 0 Å². The van der Waals surface area contributed by atoms with Gasteiger partial charge in [0.15, 0.2) is 0 Å². The zero-order valence-electron chi connectivity index (χ0n) is 4.07. The van der Waals surface area contributed by atoms with Gasteiger partial charge in [0, 0.05) is 11.4 Å². The summed E-state index contributed by atoms with van der Waals surface area (Å²) in [5.41, 5.74) is 2.80. The Morgan fingerprint density at radius 1 is 1.14 bits per heavy atom. The zero-order valence-corrected chi connectivity index (χ0v) is 4.07. The van der Waals surface area contributed by atoms with Crippen LogP contribution in [0.1, 0.15) is 11.4 Å². The standard InChI is InChI=1S/C6H7N/c1-2-6-4-3-5(1)7-6/h1-2,7H,3-4H2. The molecule has 1 nitrogen and oxygen atoms in total. The lowest BCUT2D eigenvalue weighted by molar-refractivity contribution is 1.01. The molecule has 2 bridgehead atoms. The average molecular weight is 93.1 g/mol. The summed E-state index contributed by atoms with van der Waals surface area (Å²) in [5, 5.41) is 0. The van der Waals surface area contributed by atoms with Crippen LogP contribution in [0.3, 0.4) is 0 Å². The van der Waals surface area contributed by atoms with E-state index in [9.17, 15) is 0 Å². The maximum absolute atomic E-state index is 3.25. The molecule has 1 aliphatic heterocycles. The number of aromatic nitrogens is 1. The smallest absolute Gasteiger partial charge is 0.0153 e. The third kappa shape index (κ3) is 0.322. The Morgan fingerprint density at radius 3 is 1.86 bits per heavy atom. The minimum absolute atomic E-state index is 1.24. The number of hydrogen-bond donors (Lipinski definition) is 1. The van der Waals surface area contributed by atoms with Crippen LogP contribution in [-0.4, -0.2) is 4.98 Å². The lowest BCUT2D eigenvalue weighted by Crippen LogP contribution is -1.79. The molecule has 0 fully saturated rings. The van der Waals surface area contributed by atoms with Crippen LogP contribution in [0.4, 0.5) is 0 Å². The zero-order chi connectivity index (χ0) is 4.69. The second-order valence-corrected chi connectivity index (χ2v) is 2.01. The maximum Gasteiger partial charge on any atom is 0.0153 e. The molecule has 36 valence electrons. The first-order chi connectivity index (χ1) is 3.45. The molecule has 0 unspecified atom stereocenters. The predicted molar refractivity (Wildman–Crippen MR) is 28.2 cm³/mol. The second-order valence-electron chi connectivity index (χ2n) is 2.01. The molecule has 1 aromatic rings. The Balaban J connectivity index is 2.71. The number of aryl methyl sites for hydroxylation is 2. The summed E-state index contributed by atoms with van der Waals surface area (Å²) in [5.74, 6) is 0. The molecule has 0 saturated heterocycles. The van der Waals surface area contributed by atoms with Gasteiger partial charge in [-0.3, -0.25) is 0 Å². The molecule has 1 N–H and O–H groups in total. The molecular formula is C6H7N. The van der Waals surface area contributed by atoms with E-state index in [0.717, 1.165) is 0 Å². The van der Waals surface area contributed by atoms with Crippen molar-refractivity contribution in [2.24, 2.45) is 0 Å². The van der Waals surface area contributed by atoms with Crippen LogP contribution in [0.25, 0.3) is 0 Å². The Bertz CT molecular complexity index is 158. The summed E-state index contributed by atoms with van der Waals surface area (Å²) < 4.78 is 0. The van der Waals surface area contributed by atoms with Crippen LogP contribution >= 0.6 is 0 Å². The van der Waals surface area contributed by atoms with Gasteiger partial charge in [-0.25, -0.2) is 0 Å². The van der Waals surface area contributed by atoms with E-state index < -0.39 is 0 Å². The van der Waals surface area contributed by atoms with Gasteiger partial charge in [-0.05, 0) is 25.0 Å². The molecule has 7 heavy (non-hydrogen) atoms. The Morgan fingerprint density at radius 2 is 1.71 bits per heavy atom. The lowest BCUT2D eigenvalue weighted by Gasteiger charge is -1.85. The summed E-state index contributed by atoms with van der Waals surface area (Å²) >= 11 is 0. The van der Waals surface area contributed by atoms with E-state index in [0.29, 0.717) is 0 Å². The molecule has 1 heteroatoms. The normalized spacial score (nSPS) is 15.4. The van der Waals surface area contributed by atoms with Crippen molar-refractivity contribution >= 4 is 0 Å². The van der Waals surface area contributed by atoms with Gasteiger partial charge in [-0.1, -0.05) is 0 Å². The number of nitrogens with one attached hydrogen (secondary N) is 1. The first-order valence-electron chi connectivity index (χ1n) is 2.62. The molecule has 2 rings (SSSR count). The fraction of sp³-hybridized carbons (Fsp3) is 0.333. The highest BCUT2D eigenvalue weighted by molar-refractivity contribution is 5.20. The minimum Gasteiger partial charge on any atom is -0.362 e. The highest BCUT2D eigenvalue weighted by Gasteiger charge is 2.05. The van der Waals surface area contributed by atoms with Gasteiger partial charge in [-0.2, -0.15) is 0 Å². The van der Waals surface area contributed by atoms with Crippen LogP contribution in [0.2, 0.25) is 0 Å². The predicted octanol–water partition coefficient (Wildman–Crippen LogP) is 1.11. The summed E-state index contributed by atoms with van der Waals surface area (Å²) in [6.07, 6.45) is 2.48. The lowest BCUT2D eigenvalue weighted by atomic mass is 10.2. The van der Waals surface area contributed by atoms with Crippen molar-refractivity contribution in [3.05, 3.63) is 23.5 Å². The first-order valence-corrected chi connectivity index (χ1v) is 2.62. The van der Waals surface area contributed by atoms with Crippen molar-refractivity contribution in [1.29, 1.82) is 0 Å². The molecule has 2 heterocycles. The highest BCUT2D eigenvalue weighted by atomic mass is 14.7. The van der Waals surface area contributed by atoms with Crippen LogP contribution < -0.4 is 0 Å². The van der Waals surface area contributed by atoms with Crippen molar-refractivity contribution in [2.45, 2.75) is 12.8 Å². The summed E-state index contributed by atoms with van der Waals surface area (Å²) in [4.78, 5) is 3.25. The minimum atomic E-state index is 1.24. The van der Waals surface area contributed by atoms with E-state index in [1.807, 2.05) is 0 Å². The highest BCUT2D eigenvalue weighted by Crippen LogP contribution is 2.12. The number of aromatic amines is 1. The van der Waals surface area contributed by atoms with Gasteiger partial charge in [0.2, 0.25) is 0 Å². The van der Waals surface area contributed by atoms with Crippen molar-refractivity contribution < 1.29 is 0 Å². The van der Waals surface area contributed by atoms with E-state index in [2.05, 4.69) is 17.1 Å². The van der Waals surface area contributed by atoms with Gasteiger partial charge < -0.3 is 4.98 Å². The van der Waals surface area contributed by atoms with Gasteiger partial charge in [-0.15, -0.1) is 0 Å². The summed E-state index contributed by atoms with van der Waals surface area (Å²) in [7, 11) is 0. The van der Waals surface area contributed by atoms with Crippen LogP contribution in [0.5, 0.6) is 0 Å². The van der Waals surface area contributed by atoms with E-state index in [1.54, 1.807) is 0 Å². The molecule has 0 aromatic carbocycles. The van der Waals surface area contributed by atoms with Crippen LogP contribution in [0, 0.1) is 0 Å². The molecule has 0 radical (unpaired) electrons. The van der Waals surface area contributed by atoms with Gasteiger partial charge >= 0.3 is 0 Å². The number of fused-ring (bicyclic) bond motifs is 2. The van der Waals surface area contributed by atoms with Crippen LogP contribution in [-0.2, 0) is 12.8 Å². The summed E-state index contributed by atoms with van der Waals surface area (Å²) in [6.45, 7) is 0. The molecule has 0 saturated carbocycles. The maximum atomic E-state index is 3.25. The number of H-pyrrole nitrogens is 1. The monoisotopic (exact) mass is 93.1 g/mol. The van der Waals surface area contributed by atoms with Crippen molar-refractivity contribution in [3.63, 3.8) is 0 Å². The molecule has 0 aliphatic carbocycles. The molecule has 1 aromatic heterocycles. The molecular weight excluding hydrogens is 86.1 g/mol. The third-order valence-electron chi connectivity index (χ3n) is 1.47. The largest absolute Gasteiger partial charge is 0.362 e. The SMILES string of the molecule is c1cc2[nH]c1CC2. The Hall–Kier alpha value is -0.720. The number of rotatable bonds is 0. The Labute approximate surface area is 42.4 Å². The fourth-order valence-electron chi connectivity index (χ4n) is 1.05.